The Morgan fingerprint density at radius 1 is 1.23 bits per heavy atom. The van der Waals surface area contributed by atoms with Crippen LogP contribution in [-0.4, -0.2) is 37.9 Å². The van der Waals surface area contributed by atoms with Crippen molar-refractivity contribution >= 4 is 10.1 Å². The maximum absolute atomic E-state index is 12.4. The Kier molecular flexibility index (Phi) is 4.29. The van der Waals surface area contributed by atoms with Crippen molar-refractivity contribution in [3.8, 4) is 0 Å². The van der Waals surface area contributed by atoms with E-state index in [0.29, 0.717) is 13.0 Å². The molecule has 2 fully saturated rings. The molecular formula is C16H22O5S. The Morgan fingerprint density at radius 2 is 1.91 bits per heavy atom. The van der Waals surface area contributed by atoms with Gasteiger partial charge in [-0.1, -0.05) is 17.7 Å². The van der Waals surface area contributed by atoms with Gasteiger partial charge in [-0.15, -0.1) is 0 Å². The SMILES string of the molecule is Cc1ccc(S(=O)(=O)O[C@H]2CCC[C@@]3(CCCO3)[C@H]2O)cc1. The molecule has 5 nitrogen and oxygen atoms in total. The number of aryl methyl sites for hydroxylation is 1. The molecule has 1 N–H and O–H groups in total. The van der Waals surface area contributed by atoms with Crippen LogP contribution in [0.25, 0.3) is 0 Å². The number of hydrogen-bond donors (Lipinski definition) is 1. The molecule has 22 heavy (non-hydrogen) atoms. The summed E-state index contributed by atoms with van der Waals surface area (Å²) >= 11 is 0. The lowest BCUT2D eigenvalue weighted by Gasteiger charge is -2.41. The molecule has 1 aromatic rings. The van der Waals surface area contributed by atoms with E-state index in [2.05, 4.69) is 0 Å². The molecule has 0 radical (unpaired) electrons. The van der Waals surface area contributed by atoms with Gasteiger partial charge in [0.1, 0.15) is 12.2 Å². The Balaban J connectivity index is 1.78. The quantitative estimate of drug-likeness (QED) is 0.862. The Labute approximate surface area is 131 Å². The minimum atomic E-state index is -3.87. The average Bonchev–Trinajstić information content (AvgIpc) is 2.94. The topological polar surface area (TPSA) is 72.8 Å². The van der Waals surface area contributed by atoms with Crippen molar-refractivity contribution in [1.29, 1.82) is 0 Å². The normalized spacial score (nSPS) is 32.5. The number of aliphatic hydroxyl groups excluding tert-OH is 1. The molecule has 0 bridgehead atoms. The minimum absolute atomic E-state index is 0.122. The van der Waals surface area contributed by atoms with Crippen molar-refractivity contribution < 1.29 is 22.4 Å². The first-order valence-electron chi connectivity index (χ1n) is 7.75. The fourth-order valence-electron chi connectivity index (χ4n) is 3.42. The molecule has 0 amide bonds. The predicted octanol–water partition coefficient (Wildman–Crippen LogP) is 2.16. The second-order valence-electron chi connectivity index (χ2n) is 6.26. The fraction of sp³-hybridized carbons (Fsp3) is 0.625. The van der Waals surface area contributed by atoms with E-state index in [9.17, 15) is 13.5 Å². The largest absolute Gasteiger partial charge is 0.387 e. The highest BCUT2D eigenvalue weighted by Crippen LogP contribution is 2.41. The molecule has 3 rings (SSSR count). The van der Waals surface area contributed by atoms with Crippen LogP contribution < -0.4 is 0 Å². The molecule has 0 unspecified atom stereocenters. The van der Waals surface area contributed by atoms with Crippen LogP contribution in [0.2, 0.25) is 0 Å². The summed E-state index contributed by atoms with van der Waals surface area (Å²) in [6, 6.07) is 6.52. The third kappa shape index (κ3) is 2.93. The summed E-state index contributed by atoms with van der Waals surface area (Å²) in [6.07, 6.45) is 2.11. The van der Waals surface area contributed by atoms with Crippen LogP contribution in [0.15, 0.2) is 29.2 Å². The van der Waals surface area contributed by atoms with Crippen LogP contribution in [0.3, 0.4) is 0 Å². The van der Waals surface area contributed by atoms with Gasteiger partial charge < -0.3 is 9.84 Å². The summed E-state index contributed by atoms with van der Waals surface area (Å²) in [5.74, 6) is 0. The monoisotopic (exact) mass is 326 g/mol. The molecule has 1 heterocycles. The van der Waals surface area contributed by atoms with Crippen LogP contribution in [-0.2, 0) is 19.0 Å². The molecule has 0 aromatic heterocycles. The molecule has 3 atom stereocenters. The zero-order chi connectivity index (χ0) is 15.8. The van der Waals surface area contributed by atoms with Crippen molar-refractivity contribution in [3.05, 3.63) is 29.8 Å². The van der Waals surface area contributed by atoms with Gasteiger partial charge in [-0.05, 0) is 51.2 Å². The second kappa shape index (κ2) is 5.92. The first-order valence-corrected chi connectivity index (χ1v) is 9.16. The van der Waals surface area contributed by atoms with Crippen LogP contribution >= 0.6 is 0 Å². The van der Waals surface area contributed by atoms with E-state index in [4.69, 9.17) is 8.92 Å². The second-order valence-corrected chi connectivity index (χ2v) is 7.83. The van der Waals surface area contributed by atoms with E-state index in [1.807, 2.05) is 6.92 Å². The average molecular weight is 326 g/mol. The molecule has 2 aliphatic rings. The lowest BCUT2D eigenvalue weighted by atomic mass is 9.79. The zero-order valence-corrected chi connectivity index (χ0v) is 13.5. The standard InChI is InChI=1S/C16H22O5S/c1-12-5-7-13(8-6-12)22(18,19)21-14-4-2-9-16(15(14)17)10-3-11-20-16/h5-8,14-15,17H,2-4,9-11H2,1H3/t14-,15-,16+/m0/s1. The van der Waals surface area contributed by atoms with Crippen LogP contribution in [0.5, 0.6) is 0 Å². The molecular weight excluding hydrogens is 304 g/mol. The highest BCUT2D eigenvalue weighted by molar-refractivity contribution is 7.86. The smallest absolute Gasteiger partial charge is 0.297 e. The van der Waals surface area contributed by atoms with Crippen LogP contribution in [0.4, 0.5) is 0 Å². The minimum Gasteiger partial charge on any atom is -0.387 e. The Bertz CT molecular complexity index is 616. The molecule has 1 aliphatic carbocycles. The van der Waals surface area contributed by atoms with Gasteiger partial charge in [-0.2, -0.15) is 8.42 Å². The lowest BCUT2D eigenvalue weighted by Crippen LogP contribution is -2.53. The van der Waals surface area contributed by atoms with E-state index in [0.717, 1.165) is 31.2 Å². The van der Waals surface area contributed by atoms with Crippen molar-refractivity contribution in [2.24, 2.45) is 0 Å². The van der Waals surface area contributed by atoms with Crippen molar-refractivity contribution in [3.63, 3.8) is 0 Å². The molecule has 1 saturated heterocycles. The van der Waals surface area contributed by atoms with Gasteiger partial charge in [0, 0.05) is 6.61 Å². The first kappa shape index (κ1) is 15.9. The zero-order valence-electron chi connectivity index (χ0n) is 12.7. The predicted molar refractivity (Wildman–Crippen MR) is 81.0 cm³/mol. The van der Waals surface area contributed by atoms with Crippen LogP contribution in [0.1, 0.15) is 37.7 Å². The summed E-state index contributed by atoms with van der Waals surface area (Å²) in [5, 5.41) is 10.6. The summed E-state index contributed by atoms with van der Waals surface area (Å²) in [6.45, 7) is 2.51. The van der Waals surface area contributed by atoms with E-state index < -0.39 is 27.9 Å². The number of aliphatic hydroxyl groups is 1. The molecule has 1 spiro atoms. The van der Waals surface area contributed by atoms with Gasteiger partial charge >= 0.3 is 0 Å². The van der Waals surface area contributed by atoms with Crippen LogP contribution in [0, 0.1) is 6.92 Å². The number of ether oxygens (including phenoxy) is 1. The Morgan fingerprint density at radius 3 is 2.55 bits per heavy atom. The molecule has 1 saturated carbocycles. The van der Waals surface area contributed by atoms with Gasteiger partial charge in [-0.25, -0.2) is 0 Å². The highest BCUT2D eigenvalue weighted by Gasteiger charge is 2.49. The first-order chi connectivity index (χ1) is 10.4. The van der Waals surface area contributed by atoms with Crippen molar-refractivity contribution in [2.45, 2.75) is 61.7 Å². The van der Waals surface area contributed by atoms with E-state index in [-0.39, 0.29) is 4.90 Å². The molecule has 1 aromatic carbocycles. The number of rotatable bonds is 3. The lowest BCUT2D eigenvalue weighted by molar-refractivity contribution is -0.150. The van der Waals surface area contributed by atoms with Gasteiger partial charge in [0.25, 0.3) is 10.1 Å². The maximum Gasteiger partial charge on any atom is 0.297 e. The van der Waals surface area contributed by atoms with Crippen molar-refractivity contribution in [2.75, 3.05) is 6.61 Å². The fourth-order valence-corrected chi connectivity index (χ4v) is 4.53. The van der Waals surface area contributed by atoms with Gasteiger partial charge in [0.05, 0.1) is 10.5 Å². The Hall–Kier alpha value is -0.950. The van der Waals surface area contributed by atoms with Crippen molar-refractivity contribution in [1.82, 2.24) is 0 Å². The summed E-state index contributed by atoms with van der Waals surface area (Å²) < 4.78 is 35.9. The van der Waals surface area contributed by atoms with E-state index >= 15 is 0 Å². The van der Waals surface area contributed by atoms with Gasteiger partial charge in [0.15, 0.2) is 0 Å². The third-order valence-corrected chi connectivity index (χ3v) is 6.02. The van der Waals surface area contributed by atoms with Gasteiger partial charge in [0.2, 0.25) is 0 Å². The summed E-state index contributed by atoms with van der Waals surface area (Å²) in [4.78, 5) is 0.122. The number of benzene rings is 1. The molecule has 122 valence electrons. The highest BCUT2D eigenvalue weighted by atomic mass is 32.2. The van der Waals surface area contributed by atoms with E-state index in [1.54, 1.807) is 12.1 Å². The third-order valence-electron chi connectivity index (χ3n) is 4.67. The van der Waals surface area contributed by atoms with Gasteiger partial charge in [-0.3, -0.25) is 4.18 Å². The number of hydrogen-bond acceptors (Lipinski definition) is 5. The summed E-state index contributed by atoms with van der Waals surface area (Å²) in [7, 11) is -3.87. The molecule has 6 heteroatoms. The molecule has 1 aliphatic heterocycles. The maximum atomic E-state index is 12.4. The van der Waals surface area contributed by atoms with E-state index in [1.165, 1.54) is 12.1 Å². The summed E-state index contributed by atoms with van der Waals surface area (Å²) in [5.41, 5.74) is 0.362.